The highest BCUT2D eigenvalue weighted by Crippen LogP contribution is 2.48. The molecule has 0 saturated heterocycles. The number of carbonyl (C=O) groups excluding carboxylic acids is 1. The number of aliphatic carboxylic acids is 1. The lowest BCUT2D eigenvalue weighted by Crippen LogP contribution is -2.42. The summed E-state index contributed by atoms with van der Waals surface area (Å²) in [5.74, 6) is -1.08. The minimum atomic E-state index is -1.04. The van der Waals surface area contributed by atoms with Crippen LogP contribution in [0.15, 0.2) is 0 Å². The minimum Gasteiger partial charge on any atom is -0.480 e. The second kappa shape index (κ2) is 3.51. The molecule has 0 unspecified atom stereocenters. The summed E-state index contributed by atoms with van der Waals surface area (Å²) in [6.07, 6.45) is 4.03. The summed E-state index contributed by atoms with van der Waals surface area (Å²) in [4.78, 5) is 24.9. The molecule has 2 aliphatic carbocycles. The van der Waals surface area contributed by atoms with Gasteiger partial charge in [-0.25, -0.2) is 0 Å². The summed E-state index contributed by atoms with van der Waals surface area (Å²) in [7, 11) is 0. The van der Waals surface area contributed by atoms with Gasteiger partial charge in [-0.15, -0.1) is 0 Å². The molecule has 2 fully saturated rings. The minimum absolute atomic E-state index is 0.139. The molecule has 2 aliphatic rings. The lowest BCUT2D eigenvalue weighted by atomic mass is 10.1. The van der Waals surface area contributed by atoms with E-state index in [0.717, 1.165) is 19.3 Å². The lowest BCUT2D eigenvalue weighted by molar-refractivity contribution is -0.153. The Hall–Kier alpha value is -1.06. The van der Waals surface area contributed by atoms with Crippen molar-refractivity contribution in [1.82, 2.24) is 4.90 Å². The third kappa shape index (κ3) is 1.73. The Kier molecular flexibility index (Phi) is 2.44. The first-order chi connectivity index (χ1) is 7.12. The molecule has 0 spiro atoms. The van der Waals surface area contributed by atoms with E-state index in [1.807, 2.05) is 6.92 Å². The summed E-state index contributed by atoms with van der Waals surface area (Å²) in [6, 6.07) is 0.328. The van der Waals surface area contributed by atoms with Crippen LogP contribution in [0.25, 0.3) is 0 Å². The molecule has 15 heavy (non-hydrogen) atoms. The highest BCUT2D eigenvalue weighted by molar-refractivity contribution is 6.05. The maximum Gasteiger partial charge on any atom is 0.319 e. The third-order valence-corrected chi connectivity index (χ3v) is 3.28. The van der Waals surface area contributed by atoms with Crippen LogP contribution in [0.5, 0.6) is 0 Å². The van der Waals surface area contributed by atoms with Gasteiger partial charge in [-0.2, -0.15) is 0 Å². The number of hydrogen-bond acceptors (Lipinski definition) is 2. The molecule has 4 heteroatoms. The third-order valence-electron chi connectivity index (χ3n) is 3.28. The number of carboxylic acids is 1. The Bertz CT molecular complexity index is 292. The van der Waals surface area contributed by atoms with Crippen LogP contribution in [-0.2, 0) is 9.59 Å². The molecule has 0 radical (unpaired) electrons. The van der Waals surface area contributed by atoms with Crippen LogP contribution in [0.2, 0.25) is 0 Å². The van der Waals surface area contributed by atoms with Crippen LogP contribution >= 0.6 is 0 Å². The second-order valence-electron chi connectivity index (χ2n) is 4.62. The fraction of sp³-hybridized carbons (Fsp3) is 0.818. The van der Waals surface area contributed by atoms with Gasteiger partial charge in [-0.05, 0) is 32.1 Å². The summed E-state index contributed by atoms with van der Waals surface area (Å²) in [5, 5.41) is 9.05. The Labute approximate surface area is 89.3 Å². The Morgan fingerprint density at radius 3 is 2.33 bits per heavy atom. The summed E-state index contributed by atoms with van der Waals surface area (Å²) in [6.45, 7) is 2.72. The van der Waals surface area contributed by atoms with E-state index in [4.69, 9.17) is 5.11 Å². The smallest absolute Gasteiger partial charge is 0.319 e. The Morgan fingerprint density at radius 2 is 2.00 bits per heavy atom. The van der Waals surface area contributed by atoms with Gasteiger partial charge in [-0.3, -0.25) is 9.59 Å². The summed E-state index contributed by atoms with van der Waals surface area (Å²) >= 11 is 0. The van der Waals surface area contributed by atoms with E-state index in [0.29, 0.717) is 25.4 Å². The highest BCUT2D eigenvalue weighted by atomic mass is 16.4. The first kappa shape index (κ1) is 10.5. The molecular formula is C11H17NO3. The van der Waals surface area contributed by atoms with Gasteiger partial charge in [0, 0.05) is 12.6 Å². The van der Waals surface area contributed by atoms with Crippen LogP contribution in [0.3, 0.4) is 0 Å². The van der Waals surface area contributed by atoms with Crippen molar-refractivity contribution in [3.8, 4) is 0 Å². The van der Waals surface area contributed by atoms with Gasteiger partial charge >= 0.3 is 5.97 Å². The molecule has 84 valence electrons. The first-order valence-corrected chi connectivity index (χ1v) is 5.66. The zero-order valence-corrected chi connectivity index (χ0v) is 9.03. The number of carbonyl (C=O) groups is 2. The molecule has 0 aliphatic heterocycles. The maximum atomic E-state index is 12.1. The molecule has 0 aromatic heterocycles. The molecule has 0 aromatic rings. The van der Waals surface area contributed by atoms with E-state index in [2.05, 4.69) is 0 Å². The van der Waals surface area contributed by atoms with Gasteiger partial charge in [0.05, 0.1) is 0 Å². The molecule has 0 aromatic carbocycles. The van der Waals surface area contributed by atoms with E-state index in [1.54, 1.807) is 4.90 Å². The molecule has 0 atom stereocenters. The maximum absolute atomic E-state index is 12.1. The standard InChI is InChI=1S/C11H17NO3/c1-2-7-12(8-3-4-8)9(13)11(5-6-11)10(14)15/h8H,2-7H2,1H3,(H,14,15). The van der Waals surface area contributed by atoms with Crippen molar-refractivity contribution < 1.29 is 14.7 Å². The number of rotatable bonds is 5. The predicted octanol–water partition coefficient (Wildman–Crippen LogP) is 1.25. The van der Waals surface area contributed by atoms with Gasteiger partial charge in [-0.1, -0.05) is 6.92 Å². The number of amides is 1. The summed E-state index contributed by atoms with van der Waals surface area (Å²) in [5.41, 5.74) is -1.04. The number of hydrogen-bond donors (Lipinski definition) is 1. The zero-order valence-electron chi connectivity index (χ0n) is 9.03. The summed E-state index contributed by atoms with van der Waals surface area (Å²) < 4.78 is 0. The van der Waals surface area contributed by atoms with Crippen LogP contribution in [0.4, 0.5) is 0 Å². The van der Waals surface area contributed by atoms with Crippen molar-refractivity contribution in [2.75, 3.05) is 6.54 Å². The lowest BCUT2D eigenvalue weighted by Gasteiger charge is -2.25. The largest absolute Gasteiger partial charge is 0.480 e. The molecule has 2 rings (SSSR count). The molecule has 1 N–H and O–H groups in total. The normalized spacial score (nSPS) is 22.2. The molecule has 2 saturated carbocycles. The fourth-order valence-corrected chi connectivity index (χ4v) is 2.00. The van der Waals surface area contributed by atoms with Crippen LogP contribution < -0.4 is 0 Å². The Morgan fingerprint density at radius 1 is 1.40 bits per heavy atom. The van der Waals surface area contributed by atoms with Crippen molar-refractivity contribution >= 4 is 11.9 Å². The van der Waals surface area contributed by atoms with Gasteiger partial charge in [0.15, 0.2) is 0 Å². The van der Waals surface area contributed by atoms with Crippen LogP contribution in [0.1, 0.15) is 39.0 Å². The molecule has 1 amide bonds. The van der Waals surface area contributed by atoms with E-state index in [9.17, 15) is 9.59 Å². The van der Waals surface area contributed by atoms with E-state index in [1.165, 1.54) is 0 Å². The predicted molar refractivity (Wildman–Crippen MR) is 54.3 cm³/mol. The topological polar surface area (TPSA) is 57.6 Å². The van der Waals surface area contributed by atoms with Gasteiger partial charge in [0.2, 0.25) is 5.91 Å². The average Bonchev–Trinajstić information content (AvgIpc) is 3.04. The SMILES string of the molecule is CCCN(C(=O)C1(C(=O)O)CC1)C1CC1. The van der Waals surface area contributed by atoms with Crippen LogP contribution in [-0.4, -0.2) is 34.5 Å². The highest BCUT2D eigenvalue weighted by Gasteiger charge is 2.59. The van der Waals surface area contributed by atoms with Crippen molar-refractivity contribution in [2.45, 2.75) is 45.1 Å². The number of carboxylic acid groups (broad SMARTS) is 1. The second-order valence-corrected chi connectivity index (χ2v) is 4.62. The van der Waals surface area contributed by atoms with Crippen molar-refractivity contribution in [1.29, 1.82) is 0 Å². The molecule has 0 bridgehead atoms. The van der Waals surface area contributed by atoms with E-state index >= 15 is 0 Å². The van der Waals surface area contributed by atoms with Crippen molar-refractivity contribution in [3.63, 3.8) is 0 Å². The quantitative estimate of drug-likeness (QED) is 0.696. The Balaban J connectivity index is 2.07. The van der Waals surface area contributed by atoms with E-state index < -0.39 is 11.4 Å². The monoisotopic (exact) mass is 211 g/mol. The molecule has 0 heterocycles. The van der Waals surface area contributed by atoms with Crippen LogP contribution in [0, 0.1) is 5.41 Å². The van der Waals surface area contributed by atoms with Gasteiger partial charge in [0.1, 0.15) is 5.41 Å². The number of nitrogens with zero attached hydrogens (tertiary/aromatic N) is 1. The molecular weight excluding hydrogens is 194 g/mol. The van der Waals surface area contributed by atoms with Crippen molar-refractivity contribution in [3.05, 3.63) is 0 Å². The van der Waals surface area contributed by atoms with E-state index in [-0.39, 0.29) is 5.91 Å². The molecule has 4 nitrogen and oxygen atoms in total. The van der Waals surface area contributed by atoms with Gasteiger partial charge < -0.3 is 10.0 Å². The average molecular weight is 211 g/mol. The first-order valence-electron chi connectivity index (χ1n) is 5.66. The van der Waals surface area contributed by atoms with Crippen molar-refractivity contribution in [2.24, 2.45) is 5.41 Å². The fourth-order valence-electron chi connectivity index (χ4n) is 2.00. The van der Waals surface area contributed by atoms with Gasteiger partial charge in [0.25, 0.3) is 0 Å². The zero-order chi connectivity index (χ0) is 11.1.